The van der Waals surface area contributed by atoms with Crippen molar-refractivity contribution >= 4 is 19.5 Å². The molecule has 2 N–H and O–H groups in total. The fourth-order valence-electron chi connectivity index (χ4n) is 4.56. The Balaban J connectivity index is 1.64. The fraction of sp³-hybridized carbons (Fsp3) is 0.600. The molecule has 28 heavy (non-hydrogen) atoms. The van der Waals surface area contributed by atoms with Crippen molar-refractivity contribution in [3.63, 3.8) is 0 Å². The van der Waals surface area contributed by atoms with E-state index in [1.807, 2.05) is 0 Å². The molecule has 3 saturated heterocycles. The first-order valence-electron chi connectivity index (χ1n) is 9.88. The number of aliphatic hydroxyl groups is 1. The van der Waals surface area contributed by atoms with E-state index in [1.54, 1.807) is 31.2 Å². The third kappa shape index (κ3) is 4.24. The Morgan fingerprint density at radius 3 is 2.46 bits per heavy atom. The topological polar surface area (TPSA) is 96.3 Å². The highest BCUT2D eigenvalue weighted by Crippen LogP contribution is 2.40. The van der Waals surface area contributed by atoms with E-state index < -0.39 is 23.7 Å². The lowest BCUT2D eigenvalue weighted by Crippen LogP contribution is -2.70. The number of hydrogen-bond acceptors (Lipinski definition) is 6. The van der Waals surface area contributed by atoms with Gasteiger partial charge in [-0.1, -0.05) is 12.1 Å². The lowest BCUT2D eigenvalue weighted by atomic mass is 9.66. The summed E-state index contributed by atoms with van der Waals surface area (Å²) >= 11 is 0. The maximum atomic E-state index is 12.2. The smallest absolute Gasteiger partial charge is 0.333 e. The maximum Gasteiger partial charge on any atom is 0.333 e. The average Bonchev–Trinajstić information content (AvgIpc) is 2.67. The summed E-state index contributed by atoms with van der Waals surface area (Å²) in [6, 6.07) is 6.60. The van der Waals surface area contributed by atoms with Gasteiger partial charge < -0.3 is 24.5 Å². The quantitative estimate of drug-likeness (QED) is 0.578. The van der Waals surface area contributed by atoms with Crippen LogP contribution in [0.15, 0.2) is 24.3 Å². The highest BCUT2D eigenvalue weighted by molar-refractivity contribution is 6.59. The Bertz CT molecular complexity index is 703. The predicted molar refractivity (Wildman–Crippen MR) is 105 cm³/mol. The summed E-state index contributed by atoms with van der Waals surface area (Å²) in [5, 5.41) is 20.5. The van der Waals surface area contributed by atoms with Crippen LogP contribution in [-0.2, 0) is 20.7 Å². The van der Waals surface area contributed by atoms with E-state index >= 15 is 0 Å². The van der Waals surface area contributed by atoms with Crippen LogP contribution in [0.3, 0.4) is 0 Å². The van der Waals surface area contributed by atoms with Crippen LogP contribution >= 0.6 is 0 Å². The first kappa shape index (κ1) is 20.8. The average molecular weight is 389 g/mol. The van der Waals surface area contributed by atoms with Gasteiger partial charge in [-0.3, -0.25) is 4.90 Å². The van der Waals surface area contributed by atoms with E-state index in [4.69, 9.17) is 9.47 Å². The standard InChI is InChI=1S/C20H28BNO6/c1-2-27-16(19(24)25)11-13-3-5-15(6-4-13)28-12-20(26)14-7-9-22(10-8-14)17(20)18(21)23/h3-6,14,16-17,26H,2,7-12,21H2,1H3,(H,24,25). The Kier molecular flexibility index (Phi) is 6.42. The van der Waals surface area contributed by atoms with E-state index in [0.29, 0.717) is 12.4 Å². The van der Waals surface area contributed by atoms with Crippen molar-refractivity contribution in [2.24, 2.45) is 5.92 Å². The normalized spacial score (nSPS) is 30.0. The molecule has 0 aliphatic carbocycles. The molecule has 0 saturated carbocycles. The van der Waals surface area contributed by atoms with Gasteiger partial charge in [-0.15, -0.1) is 0 Å². The largest absolute Gasteiger partial charge is 0.491 e. The van der Waals surface area contributed by atoms with Crippen molar-refractivity contribution in [3.05, 3.63) is 29.8 Å². The number of piperidine rings is 3. The zero-order valence-corrected chi connectivity index (χ0v) is 16.5. The number of rotatable bonds is 9. The molecule has 3 aliphatic rings. The summed E-state index contributed by atoms with van der Waals surface area (Å²) < 4.78 is 11.1. The zero-order valence-electron chi connectivity index (χ0n) is 16.5. The molecule has 3 aliphatic heterocycles. The zero-order chi connectivity index (χ0) is 20.3. The van der Waals surface area contributed by atoms with Gasteiger partial charge in [-0.25, -0.2) is 4.79 Å². The van der Waals surface area contributed by atoms with Crippen molar-refractivity contribution < 1.29 is 29.3 Å². The third-order valence-corrected chi connectivity index (χ3v) is 5.92. The molecule has 0 spiro atoms. The van der Waals surface area contributed by atoms with E-state index in [9.17, 15) is 19.8 Å². The van der Waals surface area contributed by atoms with Gasteiger partial charge >= 0.3 is 5.97 Å². The second-order valence-electron chi connectivity index (χ2n) is 7.73. The molecule has 3 heterocycles. The molecule has 1 aromatic rings. The molecule has 3 atom stereocenters. The van der Waals surface area contributed by atoms with Gasteiger partial charge in [0.2, 0.25) is 0 Å². The summed E-state index contributed by atoms with van der Waals surface area (Å²) in [6.45, 7) is 3.86. The summed E-state index contributed by atoms with van der Waals surface area (Å²) in [5.41, 5.74) is -0.373. The first-order valence-corrected chi connectivity index (χ1v) is 9.88. The number of fused-ring (bicyclic) bond motifs is 3. The van der Waals surface area contributed by atoms with Crippen LogP contribution in [0.25, 0.3) is 0 Å². The molecule has 8 heteroatoms. The number of nitrogens with zero attached hydrogens (tertiary/aromatic N) is 1. The summed E-state index contributed by atoms with van der Waals surface area (Å²) in [7, 11) is 1.53. The number of benzene rings is 1. The number of carboxylic acids is 1. The minimum absolute atomic E-state index is 0.0264. The Hall–Kier alpha value is -1.90. The number of carbonyl (C=O) groups excluding carboxylic acids is 1. The molecule has 0 amide bonds. The lowest BCUT2D eigenvalue weighted by Gasteiger charge is -2.55. The molecule has 1 aromatic carbocycles. The highest BCUT2D eigenvalue weighted by atomic mass is 16.5. The molecule has 4 rings (SSSR count). The van der Waals surface area contributed by atoms with Gasteiger partial charge in [0.25, 0.3) is 0 Å². The summed E-state index contributed by atoms with van der Waals surface area (Å²) in [6.07, 6.45) is 1.14. The van der Waals surface area contributed by atoms with Gasteiger partial charge in [-0.05, 0) is 56.5 Å². The van der Waals surface area contributed by atoms with Gasteiger partial charge in [0.15, 0.2) is 14.0 Å². The van der Waals surface area contributed by atoms with E-state index in [2.05, 4.69) is 4.90 Å². The maximum absolute atomic E-state index is 12.2. The molecule has 2 bridgehead atoms. The number of ether oxygens (including phenoxy) is 2. The second kappa shape index (κ2) is 8.63. The van der Waals surface area contributed by atoms with Crippen LogP contribution < -0.4 is 4.74 Å². The lowest BCUT2D eigenvalue weighted by molar-refractivity contribution is -0.174. The summed E-state index contributed by atoms with van der Waals surface area (Å²) in [4.78, 5) is 25.4. The number of hydrogen-bond donors (Lipinski definition) is 2. The fourth-order valence-corrected chi connectivity index (χ4v) is 4.56. The van der Waals surface area contributed by atoms with Crippen molar-refractivity contribution in [1.29, 1.82) is 0 Å². The molecular weight excluding hydrogens is 361 g/mol. The van der Waals surface area contributed by atoms with Crippen LogP contribution in [0, 0.1) is 5.92 Å². The monoisotopic (exact) mass is 389 g/mol. The number of carboxylic acid groups (broad SMARTS) is 1. The van der Waals surface area contributed by atoms with E-state index in [1.165, 1.54) is 7.85 Å². The first-order chi connectivity index (χ1) is 13.3. The predicted octanol–water partition coefficient (Wildman–Crippen LogP) is 0.0826. The Morgan fingerprint density at radius 1 is 1.29 bits per heavy atom. The van der Waals surface area contributed by atoms with Crippen molar-refractivity contribution in [1.82, 2.24) is 4.90 Å². The number of carbonyl (C=O) groups is 2. The third-order valence-electron chi connectivity index (χ3n) is 5.92. The SMILES string of the molecule is BC(=O)C1N2CCC(CC2)C1(O)COc1ccc(CC(OCC)C(=O)O)cc1. The molecule has 3 unspecified atom stereocenters. The van der Waals surface area contributed by atoms with Crippen LogP contribution in [0.1, 0.15) is 25.3 Å². The van der Waals surface area contributed by atoms with Gasteiger partial charge in [0.05, 0.1) is 6.04 Å². The molecule has 0 radical (unpaired) electrons. The minimum atomic E-state index is -1.18. The molecule has 0 aromatic heterocycles. The van der Waals surface area contributed by atoms with Crippen molar-refractivity contribution in [2.45, 2.75) is 43.9 Å². The molecule has 7 nitrogen and oxygen atoms in total. The number of aliphatic carboxylic acids is 1. The van der Waals surface area contributed by atoms with E-state index in [0.717, 1.165) is 31.5 Å². The van der Waals surface area contributed by atoms with Gasteiger partial charge in [0, 0.05) is 13.0 Å². The van der Waals surface area contributed by atoms with Gasteiger partial charge in [-0.2, -0.15) is 0 Å². The molecule has 3 fully saturated rings. The van der Waals surface area contributed by atoms with Crippen molar-refractivity contribution in [3.8, 4) is 5.75 Å². The van der Waals surface area contributed by atoms with Gasteiger partial charge in [0.1, 0.15) is 23.6 Å². The molecule has 152 valence electrons. The second-order valence-corrected chi connectivity index (χ2v) is 7.73. The van der Waals surface area contributed by atoms with Crippen molar-refractivity contribution in [2.75, 3.05) is 26.3 Å². The molecular formula is C20H28BNO6. The highest BCUT2D eigenvalue weighted by Gasteiger charge is 2.55. The van der Waals surface area contributed by atoms with Crippen LogP contribution in [0.5, 0.6) is 5.75 Å². The van der Waals surface area contributed by atoms with Crippen LogP contribution in [-0.4, -0.2) is 78.7 Å². The summed E-state index contributed by atoms with van der Waals surface area (Å²) in [5.74, 6) is -0.338. The van der Waals surface area contributed by atoms with Crippen LogP contribution in [0.2, 0.25) is 0 Å². The Morgan fingerprint density at radius 2 is 1.93 bits per heavy atom. The van der Waals surface area contributed by atoms with E-state index in [-0.39, 0.29) is 24.6 Å². The minimum Gasteiger partial charge on any atom is -0.491 e. The van der Waals surface area contributed by atoms with Crippen LogP contribution in [0.4, 0.5) is 0 Å². The Labute approximate surface area is 166 Å².